The minimum absolute atomic E-state index is 0.253. The molecule has 0 aliphatic rings. The molecule has 0 fully saturated rings. The van der Waals surface area contributed by atoms with Gasteiger partial charge in [-0.15, -0.1) is 0 Å². The summed E-state index contributed by atoms with van der Waals surface area (Å²) < 4.78 is 0. The summed E-state index contributed by atoms with van der Waals surface area (Å²) in [4.78, 5) is 20.7. The minimum Gasteiger partial charge on any atom is -0.347 e. The number of nitrogens with one attached hydrogen (secondary N) is 2. The summed E-state index contributed by atoms with van der Waals surface area (Å²) in [7, 11) is 0. The fourth-order valence-electron chi connectivity index (χ4n) is 2.52. The third kappa shape index (κ3) is 5.05. The zero-order valence-corrected chi connectivity index (χ0v) is 16.0. The number of hydrogen-bond donors (Lipinski definition) is 2. The van der Waals surface area contributed by atoms with Crippen molar-refractivity contribution in [3.05, 3.63) is 82.8 Å². The second-order valence-corrected chi connectivity index (χ2v) is 6.87. The molecular formula is C21H21ClN4O. The average Bonchev–Trinajstić information content (AvgIpc) is 2.68. The normalized spacial score (nSPS) is 10.7. The topological polar surface area (TPSA) is 66.9 Å². The molecule has 0 saturated heterocycles. The van der Waals surface area contributed by atoms with Crippen LogP contribution in [0.2, 0.25) is 5.02 Å². The largest absolute Gasteiger partial charge is 0.347 e. The van der Waals surface area contributed by atoms with Crippen molar-refractivity contribution in [3.8, 4) is 0 Å². The molecule has 0 aliphatic heterocycles. The van der Waals surface area contributed by atoms with Gasteiger partial charge in [0.1, 0.15) is 11.5 Å². The molecule has 27 heavy (non-hydrogen) atoms. The molecule has 3 aromatic rings. The van der Waals surface area contributed by atoms with Crippen LogP contribution in [0.25, 0.3) is 0 Å². The molecule has 0 bridgehead atoms. The van der Waals surface area contributed by atoms with Crippen LogP contribution in [0.1, 0.15) is 41.4 Å². The highest BCUT2D eigenvalue weighted by Gasteiger charge is 2.09. The lowest BCUT2D eigenvalue weighted by Crippen LogP contribution is -2.24. The first kappa shape index (κ1) is 18.9. The number of carbonyl (C=O) groups excluding carboxylic acids is 1. The predicted molar refractivity (Wildman–Crippen MR) is 108 cm³/mol. The molecule has 2 N–H and O–H groups in total. The zero-order chi connectivity index (χ0) is 19.2. The van der Waals surface area contributed by atoms with Gasteiger partial charge in [0.2, 0.25) is 0 Å². The predicted octanol–water partition coefficient (Wildman–Crippen LogP) is 4.93. The van der Waals surface area contributed by atoms with Gasteiger partial charge < -0.3 is 10.6 Å². The number of amides is 1. The van der Waals surface area contributed by atoms with Crippen molar-refractivity contribution < 1.29 is 4.79 Å². The summed E-state index contributed by atoms with van der Waals surface area (Å²) >= 11 is 6.09. The van der Waals surface area contributed by atoms with E-state index in [9.17, 15) is 4.79 Å². The van der Waals surface area contributed by atoms with E-state index in [1.807, 2.05) is 30.3 Å². The second-order valence-electron chi connectivity index (χ2n) is 6.46. The molecule has 0 spiro atoms. The Morgan fingerprint density at radius 3 is 2.41 bits per heavy atom. The van der Waals surface area contributed by atoms with Gasteiger partial charge in [-0.1, -0.05) is 55.8 Å². The van der Waals surface area contributed by atoms with Gasteiger partial charge >= 0.3 is 0 Å². The van der Waals surface area contributed by atoms with Gasteiger partial charge in [0.25, 0.3) is 5.91 Å². The van der Waals surface area contributed by atoms with E-state index in [2.05, 4.69) is 46.6 Å². The van der Waals surface area contributed by atoms with Crippen LogP contribution in [-0.2, 0) is 6.54 Å². The lowest BCUT2D eigenvalue weighted by Gasteiger charge is -2.09. The number of benzene rings is 2. The van der Waals surface area contributed by atoms with Crippen molar-refractivity contribution in [2.24, 2.45) is 0 Å². The van der Waals surface area contributed by atoms with Crippen molar-refractivity contribution in [2.45, 2.75) is 26.3 Å². The summed E-state index contributed by atoms with van der Waals surface area (Å²) in [5.41, 5.74) is 3.30. The Bertz CT molecular complexity index is 908. The highest BCUT2D eigenvalue weighted by atomic mass is 35.5. The van der Waals surface area contributed by atoms with Gasteiger partial charge in [-0.3, -0.25) is 4.79 Å². The molecule has 0 saturated carbocycles. The van der Waals surface area contributed by atoms with E-state index in [-0.39, 0.29) is 11.6 Å². The number of nitrogens with zero attached hydrogens (tertiary/aromatic N) is 2. The van der Waals surface area contributed by atoms with Crippen molar-refractivity contribution in [2.75, 3.05) is 5.32 Å². The quantitative estimate of drug-likeness (QED) is 0.636. The fourth-order valence-corrected chi connectivity index (χ4v) is 2.72. The van der Waals surface area contributed by atoms with Gasteiger partial charge in [0.05, 0.1) is 12.4 Å². The molecule has 1 amide bonds. The molecule has 0 atom stereocenters. The third-order valence-corrected chi connectivity index (χ3v) is 4.50. The molecule has 0 radical (unpaired) electrons. The maximum atomic E-state index is 12.2. The van der Waals surface area contributed by atoms with Crippen LogP contribution >= 0.6 is 11.6 Å². The zero-order valence-electron chi connectivity index (χ0n) is 15.2. The molecule has 6 heteroatoms. The SMILES string of the molecule is CC(C)c1ccc(Nc2cnc(C(=O)NCc3ccccc3Cl)cn2)cc1. The molecule has 0 unspecified atom stereocenters. The minimum atomic E-state index is -0.296. The number of anilines is 2. The van der Waals surface area contributed by atoms with E-state index in [0.717, 1.165) is 11.3 Å². The third-order valence-electron chi connectivity index (χ3n) is 4.13. The number of aromatic nitrogens is 2. The molecule has 1 heterocycles. The Kier molecular flexibility index (Phi) is 6.04. The van der Waals surface area contributed by atoms with E-state index in [4.69, 9.17) is 11.6 Å². The highest BCUT2D eigenvalue weighted by Crippen LogP contribution is 2.19. The first-order chi connectivity index (χ1) is 13.0. The van der Waals surface area contributed by atoms with Crippen LogP contribution in [0.15, 0.2) is 60.9 Å². The van der Waals surface area contributed by atoms with E-state index < -0.39 is 0 Å². The van der Waals surface area contributed by atoms with E-state index >= 15 is 0 Å². The summed E-state index contributed by atoms with van der Waals surface area (Å²) in [5, 5.41) is 6.59. The van der Waals surface area contributed by atoms with Gasteiger partial charge in [-0.25, -0.2) is 9.97 Å². The summed E-state index contributed by atoms with van der Waals surface area (Å²) in [6.45, 7) is 4.65. The van der Waals surface area contributed by atoms with E-state index in [0.29, 0.717) is 23.3 Å². The second kappa shape index (κ2) is 8.64. The number of rotatable bonds is 6. The van der Waals surface area contributed by atoms with Crippen LogP contribution in [0, 0.1) is 0 Å². The Hall–Kier alpha value is -2.92. The molecule has 2 aromatic carbocycles. The van der Waals surface area contributed by atoms with Crippen LogP contribution in [0.4, 0.5) is 11.5 Å². The van der Waals surface area contributed by atoms with Crippen LogP contribution < -0.4 is 10.6 Å². The standard InChI is InChI=1S/C21H21ClN4O/c1-14(2)15-7-9-17(10-8-15)26-20-13-23-19(12-24-20)21(27)25-11-16-5-3-4-6-18(16)22/h3-10,12-14H,11H2,1-2H3,(H,24,26)(H,25,27). The summed E-state index contributed by atoms with van der Waals surface area (Å²) in [6, 6.07) is 15.5. The van der Waals surface area contributed by atoms with E-state index in [1.54, 1.807) is 12.3 Å². The van der Waals surface area contributed by atoms with Gasteiger partial charge in [0.15, 0.2) is 0 Å². The molecule has 0 aliphatic carbocycles. The smallest absolute Gasteiger partial charge is 0.271 e. The maximum Gasteiger partial charge on any atom is 0.271 e. The molecule has 138 valence electrons. The lowest BCUT2D eigenvalue weighted by atomic mass is 10.0. The van der Waals surface area contributed by atoms with Gasteiger partial charge in [-0.05, 0) is 35.2 Å². The van der Waals surface area contributed by atoms with Crippen molar-refractivity contribution in [3.63, 3.8) is 0 Å². The number of hydrogen-bond acceptors (Lipinski definition) is 4. The van der Waals surface area contributed by atoms with Crippen molar-refractivity contribution >= 4 is 29.0 Å². The number of carbonyl (C=O) groups is 1. The first-order valence-electron chi connectivity index (χ1n) is 8.73. The van der Waals surface area contributed by atoms with Gasteiger partial charge in [-0.2, -0.15) is 0 Å². The van der Waals surface area contributed by atoms with E-state index in [1.165, 1.54) is 11.8 Å². The Balaban J connectivity index is 1.59. The molecular weight excluding hydrogens is 360 g/mol. The lowest BCUT2D eigenvalue weighted by molar-refractivity contribution is 0.0945. The average molecular weight is 381 g/mol. The highest BCUT2D eigenvalue weighted by molar-refractivity contribution is 6.31. The Labute approximate surface area is 163 Å². The first-order valence-corrected chi connectivity index (χ1v) is 9.11. The van der Waals surface area contributed by atoms with Crippen molar-refractivity contribution in [1.82, 2.24) is 15.3 Å². The van der Waals surface area contributed by atoms with Crippen molar-refractivity contribution in [1.29, 1.82) is 0 Å². The van der Waals surface area contributed by atoms with Crippen LogP contribution in [0.5, 0.6) is 0 Å². The monoisotopic (exact) mass is 380 g/mol. The molecule has 5 nitrogen and oxygen atoms in total. The maximum absolute atomic E-state index is 12.2. The fraction of sp³-hybridized carbons (Fsp3) is 0.190. The Morgan fingerprint density at radius 2 is 1.78 bits per heavy atom. The summed E-state index contributed by atoms with van der Waals surface area (Å²) in [6.07, 6.45) is 2.99. The summed E-state index contributed by atoms with van der Waals surface area (Å²) in [5.74, 6) is 0.771. The Morgan fingerprint density at radius 1 is 1.04 bits per heavy atom. The van der Waals surface area contributed by atoms with Crippen LogP contribution in [0.3, 0.4) is 0 Å². The molecule has 1 aromatic heterocycles. The van der Waals surface area contributed by atoms with Crippen LogP contribution in [-0.4, -0.2) is 15.9 Å². The van der Waals surface area contributed by atoms with Gasteiger partial charge in [0, 0.05) is 17.3 Å². The number of halogens is 1. The molecule has 3 rings (SSSR count).